The van der Waals surface area contributed by atoms with Crippen LogP contribution >= 0.6 is 0 Å². The lowest BCUT2D eigenvalue weighted by atomic mass is 9.59. The maximum atomic E-state index is 13.5. The molecule has 0 amide bonds. The second-order valence-electron chi connectivity index (χ2n) is 8.58. The van der Waals surface area contributed by atoms with Crippen LogP contribution in [-0.4, -0.2) is 44.9 Å². The van der Waals surface area contributed by atoms with Gasteiger partial charge in [0.15, 0.2) is 17.0 Å². The molecule has 0 unspecified atom stereocenters. The van der Waals surface area contributed by atoms with Crippen LogP contribution in [0.15, 0.2) is 23.5 Å². The lowest BCUT2D eigenvalue weighted by Gasteiger charge is -2.49. The third-order valence-electron chi connectivity index (χ3n) is 7.52. The van der Waals surface area contributed by atoms with Crippen LogP contribution in [0.25, 0.3) is 0 Å². The van der Waals surface area contributed by atoms with Crippen LogP contribution < -0.4 is 0 Å². The van der Waals surface area contributed by atoms with Crippen LogP contribution in [-0.2, 0) is 19.1 Å². The molecule has 134 valence electrons. The topological polar surface area (TPSA) is 93.1 Å². The average Bonchev–Trinajstić information content (AvgIpc) is 3.02. The van der Waals surface area contributed by atoms with Crippen molar-refractivity contribution in [3.05, 3.63) is 23.5 Å². The summed E-state index contributed by atoms with van der Waals surface area (Å²) in [6, 6.07) is 0. The second kappa shape index (κ2) is 4.01. The normalized spacial score (nSPS) is 58.8. The smallest absolute Gasteiger partial charge is 0.341 e. The van der Waals surface area contributed by atoms with Crippen LogP contribution in [0.2, 0.25) is 0 Å². The van der Waals surface area contributed by atoms with Crippen molar-refractivity contribution in [2.45, 2.75) is 62.9 Å². The van der Waals surface area contributed by atoms with Crippen molar-refractivity contribution in [2.24, 2.45) is 17.3 Å². The molecule has 5 rings (SSSR count). The van der Waals surface area contributed by atoms with Gasteiger partial charge in [-0.2, -0.15) is 0 Å². The summed E-state index contributed by atoms with van der Waals surface area (Å²) in [6.07, 6.45) is 3.39. The quantitative estimate of drug-likeness (QED) is 0.511. The molecule has 6 heteroatoms. The third-order valence-corrected chi connectivity index (χ3v) is 7.52. The Bertz CT molecular complexity index is 798. The summed E-state index contributed by atoms with van der Waals surface area (Å²) in [4.78, 5) is 26.3. The van der Waals surface area contributed by atoms with Gasteiger partial charge in [-0.25, -0.2) is 4.79 Å². The molecule has 2 N–H and O–H groups in total. The van der Waals surface area contributed by atoms with Gasteiger partial charge in [0, 0.05) is 12.3 Å². The average molecular weight is 346 g/mol. The van der Waals surface area contributed by atoms with Crippen LogP contribution in [0.3, 0.4) is 0 Å². The summed E-state index contributed by atoms with van der Waals surface area (Å²) < 4.78 is 12.2. The van der Waals surface area contributed by atoms with Gasteiger partial charge in [-0.1, -0.05) is 19.9 Å². The summed E-state index contributed by atoms with van der Waals surface area (Å²) in [5.74, 6) is -1.35. The predicted octanol–water partition coefficient (Wildman–Crippen LogP) is 1.58. The van der Waals surface area contributed by atoms with Gasteiger partial charge < -0.3 is 19.7 Å². The highest BCUT2D eigenvalue weighted by molar-refractivity contribution is 6.03. The molecule has 7 atom stereocenters. The number of esters is 1. The minimum atomic E-state index is -1.46. The molecular formula is C19H22O6. The highest BCUT2D eigenvalue weighted by atomic mass is 16.6. The molecule has 5 aliphatic rings. The Morgan fingerprint density at radius 2 is 1.96 bits per heavy atom. The highest BCUT2D eigenvalue weighted by Gasteiger charge is 2.89. The Labute approximate surface area is 145 Å². The Morgan fingerprint density at radius 3 is 2.68 bits per heavy atom. The van der Waals surface area contributed by atoms with Gasteiger partial charge in [0.05, 0.1) is 5.60 Å². The van der Waals surface area contributed by atoms with Crippen molar-refractivity contribution in [3.8, 4) is 0 Å². The monoisotopic (exact) mass is 346 g/mol. The number of carbonyl (C=O) groups excluding carboxylic acids is 2. The van der Waals surface area contributed by atoms with Gasteiger partial charge in [0.1, 0.15) is 22.9 Å². The maximum absolute atomic E-state index is 13.5. The van der Waals surface area contributed by atoms with Crippen molar-refractivity contribution in [3.63, 3.8) is 0 Å². The number of hydrogen-bond acceptors (Lipinski definition) is 6. The van der Waals surface area contributed by atoms with Crippen LogP contribution in [0.4, 0.5) is 0 Å². The van der Waals surface area contributed by atoms with E-state index in [9.17, 15) is 19.8 Å². The molecule has 3 aliphatic heterocycles. The Morgan fingerprint density at radius 1 is 1.24 bits per heavy atom. The summed E-state index contributed by atoms with van der Waals surface area (Å²) in [7, 11) is 0. The number of ether oxygens (including phenoxy) is 2. The summed E-state index contributed by atoms with van der Waals surface area (Å²) in [5.41, 5.74) is -4.97. The number of ketones is 1. The molecule has 1 spiro atoms. The van der Waals surface area contributed by atoms with Gasteiger partial charge in [0.25, 0.3) is 0 Å². The zero-order valence-electron chi connectivity index (χ0n) is 14.5. The van der Waals surface area contributed by atoms with E-state index in [-0.39, 0.29) is 35.4 Å². The van der Waals surface area contributed by atoms with Gasteiger partial charge in [0.2, 0.25) is 0 Å². The zero-order chi connectivity index (χ0) is 18.0. The van der Waals surface area contributed by atoms with E-state index in [0.29, 0.717) is 12.8 Å². The molecule has 25 heavy (non-hydrogen) atoms. The molecule has 0 radical (unpaired) electrons. The van der Waals surface area contributed by atoms with Gasteiger partial charge in [-0.15, -0.1) is 0 Å². The van der Waals surface area contributed by atoms with Crippen LogP contribution in [0.5, 0.6) is 0 Å². The summed E-state index contributed by atoms with van der Waals surface area (Å²) in [5, 5.41) is 22.1. The fourth-order valence-electron chi connectivity index (χ4n) is 6.09. The molecule has 3 saturated heterocycles. The Kier molecular flexibility index (Phi) is 2.50. The molecule has 6 nitrogen and oxygen atoms in total. The number of carbonyl (C=O) groups is 2. The van der Waals surface area contributed by atoms with Crippen molar-refractivity contribution in [1.29, 1.82) is 0 Å². The van der Waals surface area contributed by atoms with E-state index in [4.69, 9.17) is 9.47 Å². The third kappa shape index (κ3) is 1.24. The number of aliphatic hydroxyl groups is 2. The number of allylic oxidation sites excluding steroid dienone is 1. The number of Topliss-reactive ketones (excluding diaryl/α,β-unsaturated/α-hetero) is 1. The van der Waals surface area contributed by atoms with E-state index >= 15 is 0 Å². The number of hydrogen-bond donors (Lipinski definition) is 2. The lowest BCUT2D eigenvalue weighted by Crippen LogP contribution is -2.63. The van der Waals surface area contributed by atoms with Gasteiger partial charge in [-0.3, -0.25) is 4.79 Å². The van der Waals surface area contributed by atoms with Gasteiger partial charge in [-0.05, 0) is 31.8 Å². The molecule has 0 aromatic rings. The van der Waals surface area contributed by atoms with E-state index in [1.54, 1.807) is 26.0 Å². The summed E-state index contributed by atoms with van der Waals surface area (Å²) >= 11 is 0. The molecule has 2 bridgehead atoms. The molecule has 0 saturated carbocycles. The first kappa shape index (κ1) is 15.6. The fraction of sp³-hybridized carbons (Fsp3) is 0.684. The van der Waals surface area contributed by atoms with Crippen molar-refractivity contribution in [1.82, 2.24) is 0 Å². The maximum Gasteiger partial charge on any atom is 0.341 e. The first-order valence-corrected chi connectivity index (χ1v) is 8.95. The predicted molar refractivity (Wildman–Crippen MR) is 85.5 cm³/mol. The highest BCUT2D eigenvalue weighted by Crippen LogP contribution is 2.74. The first-order chi connectivity index (χ1) is 11.7. The van der Waals surface area contributed by atoms with Crippen molar-refractivity contribution < 1.29 is 29.3 Å². The molecule has 0 aromatic carbocycles. The molecular weight excluding hydrogens is 324 g/mol. The standard InChI is InChI=1S/C19H22O6/c1-9-4-5-11(20)12-14(22)24-17-6-7-18(13(9)21)15(23)16(3,10(2)8-17)25-19(12,17)18/h6-7,9-10,15,20,23H,4-5,8H2,1-3H3/b12-11+/t9-,10-,15+,16-,17+,18-,19+/m0/s1. The number of rotatable bonds is 0. The molecule has 3 heterocycles. The second-order valence-corrected chi connectivity index (χ2v) is 8.58. The zero-order valence-corrected chi connectivity index (χ0v) is 14.5. The number of fused-ring (bicyclic) bond motifs is 1. The molecule has 3 fully saturated rings. The van der Waals surface area contributed by atoms with E-state index < -0.39 is 34.3 Å². The minimum Gasteiger partial charge on any atom is -0.512 e. The van der Waals surface area contributed by atoms with Gasteiger partial charge >= 0.3 is 5.97 Å². The number of aliphatic hydroxyl groups excluding tert-OH is 2. The van der Waals surface area contributed by atoms with Crippen LogP contribution in [0.1, 0.15) is 40.0 Å². The van der Waals surface area contributed by atoms with E-state index in [1.165, 1.54) is 0 Å². The van der Waals surface area contributed by atoms with E-state index in [2.05, 4.69) is 0 Å². The molecule has 0 aromatic heterocycles. The largest absolute Gasteiger partial charge is 0.512 e. The Hall–Kier alpha value is -1.66. The fourth-order valence-corrected chi connectivity index (χ4v) is 6.09. The van der Waals surface area contributed by atoms with Crippen LogP contribution in [0, 0.1) is 17.3 Å². The molecule has 2 aliphatic carbocycles. The van der Waals surface area contributed by atoms with E-state index in [1.807, 2.05) is 6.92 Å². The summed E-state index contributed by atoms with van der Waals surface area (Å²) in [6.45, 7) is 5.54. The minimum absolute atomic E-state index is 0.0347. The SMILES string of the molecule is C[C@H]1CC/C(O)=C2/C(=O)O[C@@]34C=C[C@]5(C1=O)[C@H](O)[C@@](C)(O[C@]235)[C@@H](C)C4. The van der Waals surface area contributed by atoms with E-state index in [0.717, 1.165) is 0 Å². The van der Waals surface area contributed by atoms with Crippen molar-refractivity contribution >= 4 is 11.8 Å². The first-order valence-electron chi connectivity index (χ1n) is 8.95. The lowest BCUT2D eigenvalue weighted by molar-refractivity contribution is -0.221. The van der Waals surface area contributed by atoms with Crippen molar-refractivity contribution in [2.75, 3.05) is 0 Å². The Balaban J connectivity index is 1.94.